The summed E-state index contributed by atoms with van der Waals surface area (Å²) in [4.78, 5) is 28.7. The van der Waals surface area contributed by atoms with Gasteiger partial charge >= 0.3 is 25.2 Å². The molecule has 0 atom stereocenters. The van der Waals surface area contributed by atoms with Gasteiger partial charge in [0.05, 0.1) is 11.6 Å². The predicted molar refractivity (Wildman–Crippen MR) is 87.9 cm³/mol. The second kappa shape index (κ2) is 8.76. The summed E-state index contributed by atoms with van der Waals surface area (Å²) in [7, 11) is -5.15. The van der Waals surface area contributed by atoms with E-state index in [2.05, 4.69) is 19.4 Å². The third-order valence-corrected chi connectivity index (χ3v) is 4.84. The maximum atomic E-state index is 12.9. The first kappa shape index (κ1) is 22.6. The van der Waals surface area contributed by atoms with Gasteiger partial charge in [-0.1, -0.05) is 12.1 Å². The lowest BCUT2D eigenvalue weighted by Crippen LogP contribution is -2.42. The lowest BCUT2D eigenvalue weighted by molar-refractivity contribution is -0.0579. The number of hydrogen-bond donors (Lipinski definition) is 2. The number of carbonyl (C=O) groups is 2. The number of hydrogen-bond acceptors (Lipinski definition) is 8. The minimum absolute atomic E-state index is 0.374. The number of amides is 2. The molecule has 0 bridgehead atoms. The van der Waals surface area contributed by atoms with E-state index in [4.69, 9.17) is 10.8 Å². The number of carboxylic acid groups (broad SMARTS) is 1. The van der Waals surface area contributed by atoms with Crippen molar-refractivity contribution in [3.63, 3.8) is 0 Å². The number of rotatable bonds is 8. The molecule has 1 aromatic carbocycles. The summed E-state index contributed by atoms with van der Waals surface area (Å²) in [5.41, 5.74) is 4.24. The maximum absolute atomic E-state index is 12.9. The molecule has 0 saturated carbocycles. The van der Waals surface area contributed by atoms with Crippen LogP contribution in [0.25, 0.3) is 0 Å². The first-order chi connectivity index (χ1) is 13.9. The van der Waals surface area contributed by atoms with Gasteiger partial charge in [-0.25, -0.2) is 18.0 Å². The van der Waals surface area contributed by atoms with Crippen LogP contribution in [0.1, 0.15) is 10.4 Å². The molecule has 11 nitrogen and oxygen atoms in total. The largest absolute Gasteiger partial charge is 0.478 e. The zero-order valence-electron chi connectivity index (χ0n) is 14.3. The first-order valence-corrected chi connectivity index (χ1v) is 8.83. The van der Waals surface area contributed by atoms with E-state index in [1.54, 1.807) is 0 Å². The van der Waals surface area contributed by atoms with Crippen molar-refractivity contribution >= 4 is 28.0 Å². The fraction of sp³-hybridized carbons (Fsp3) is 0.143. The normalized spacial score (nSPS) is 11.4. The average molecular weight is 454 g/mol. The number of alkyl halides is 4. The number of benzene rings is 1. The molecule has 2 rings (SSSR count). The fourth-order valence-electron chi connectivity index (χ4n) is 2.08. The molecular formula is C14H10F4N4O7S. The van der Waals surface area contributed by atoms with E-state index in [1.807, 2.05) is 0 Å². The zero-order chi connectivity index (χ0) is 22.6. The standard InChI is InChI=1S/C14H10F4N4O7S/c15-11(16)28-8-5-9(29-12(17)18)21-14(20-8)22(13(19)25)30(26,27)7-4-2-1-3-6(7)10(23)24/h1-5,11-12H,(H2,19,25)(H,23,24). The highest BCUT2D eigenvalue weighted by molar-refractivity contribution is 7.93. The Labute approximate surface area is 164 Å². The van der Waals surface area contributed by atoms with Gasteiger partial charge in [-0.15, -0.1) is 4.31 Å². The molecule has 16 heteroatoms. The Balaban J connectivity index is 2.70. The molecule has 0 unspecified atom stereocenters. The Morgan fingerprint density at radius 1 is 1.03 bits per heavy atom. The number of nitrogens with zero attached hydrogens (tertiary/aromatic N) is 3. The molecule has 2 amide bonds. The van der Waals surface area contributed by atoms with Gasteiger partial charge in [-0.05, 0) is 12.1 Å². The van der Waals surface area contributed by atoms with Crippen LogP contribution in [0, 0.1) is 0 Å². The Kier molecular flexibility index (Phi) is 6.60. The Morgan fingerprint density at radius 2 is 1.53 bits per heavy atom. The van der Waals surface area contributed by atoms with E-state index in [9.17, 15) is 35.6 Å². The fourth-order valence-corrected chi connectivity index (χ4v) is 3.49. The summed E-state index contributed by atoms with van der Waals surface area (Å²) >= 11 is 0. The second-order valence-electron chi connectivity index (χ2n) is 5.01. The Bertz CT molecular complexity index is 1040. The third kappa shape index (κ3) is 5.02. The molecular weight excluding hydrogens is 444 g/mol. The summed E-state index contributed by atoms with van der Waals surface area (Å²) in [5.74, 6) is -5.29. The topological polar surface area (TPSA) is 162 Å². The molecule has 2 aromatic rings. The van der Waals surface area contributed by atoms with Crippen LogP contribution < -0.4 is 19.5 Å². The Hall–Kier alpha value is -3.69. The van der Waals surface area contributed by atoms with Crippen LogP contribution in [-0.2, 0) is 10.0 Å². The predicted octanol–water partition coefficient (Wildman–Crippen LogP) is 1.65. The highest BCUT2D eigenvalue weighted by atomic mass is 32.2. The van der Waals surface area contributed by atoms with Gasteiger partial charge in [0, 0.05) is 0 Å². The van der Waals surface area contributed by atoms with Crippen molar-refractivity contribution < 1.29 is 50.1 Å². The van der Waals surface area contributed by atoms with Gasteiger partial charge in [0.1, 0.15) is 4.90 Å². The minimum Gasteiger partial charge on any atom is -0.478 e. The number of primary amides is 1. The van der Waals surface area contributed by atoms with E-state index >= 15 is 0 Å². The SMILES string of the molecule is NC(=O)N(c1nc(OC(F)F)cc(OC(F)F)n1)S(=O)(=O)c1ccccc1C(=O)O. The van der Waals surface area contributed by atoms with E-state index in [0.717, 1.165) is 18.2 Å². The van der Waals surface area contributed by atoms with Crippen LogP contribution in [0.3, 0.4) is 0 Å². The van der Waals surface area contributed by atoms with Gasteiger partial charge in [-0.2, -0.15) is 27.5 Å². The van der Waals surface area contributed by atoms with Crippen molar-refractivity contribution in [2.24, 2.45) is 5.73 Å². The zero-order valence-corrected chi connectivity index (χ0v) is 15.1. The Morgan fingerprint density at radius 3 is 1.97 bits per heavy atom. The molecule has 0 radical (unpaired) electrons. The molecule has 0 aliphatic heterocycles. The van der Waals surface area contributed by atoms with Crippen molar-refractivity contribution in [3.05, 3.63) is 35.9 Å². The molecule has 0 saturated heterocycles. The van der Waals surface area contributed by atoms with Gasteiger partial charge in [0.25, 0.3) is 16.0 Å². The van der Waals surface area contributed by atoms with Gasteiger partial charge in [-0.3, -0.25) is 0 Å². The number of ether oxygens (including phenoxy) is 2. The number of carboxylic acids is 1. The third-order valence-electron chi connectivity index (χ3n) is 3.10. The number of anilines is 1. The van der Waals surface area contributed by atoms with Crippen molar-refractivity contribution in [1.82, 2.24) is 9.97 Å². The molecule has 1 aromatic heterocycles. The second-order valence-corrected chi connectivity index (χ2v) is 6.77. The highest BCUT2D eigenvalue weighted by Crippen LogP contribution is 2.28. The number of halogens is 4. The summed E-state index contributed by atoms with van der Waals surface area (Å²) in [6.45, 7) is -7.03. The molecule has 0 fully saturated rings. The van der Waals surface area contributed by atoms with Crippen LogP contribution in [0.2, 0.25) is 0 Å². The van der Waals surface area contributed by atoms with Crippen molar-refractivity contribution in [3.8, 4) is 11.8 Å². The molecule has 0 aliphatic rings. The van der Waals surface area contributed by atoms with E-state index in [-0.39, 0.29) is 4.31 Å². The summed E-state index contributed by atoms with van der Waals surface area (Å²) in [6.07, 6.45) is 0. The van der Waals surface area contributed by atoms with Crippen molar-refractivity contribution in [2.45, 2.75) is 18.1 Å². The number of urea groups is 1. The van der Waals surface area contributed by atoms with Crippen LogP contribution in [0.4, 0.5) is 28.3 Å². The summed E-state index contributed by atoms with van der Waals surface area (Å²) in [6, 6.07) is 2.54. The molecule has 162 valence electrons. The lowest BCUT2D eigenvalue weighted by Gasteiger charge is -2.20. The number of carbonyl (C=O) groups excluding carboxylic acids is 1. The van der Waals surface area contributed by atoms with E-state index in [1.165, 1.54) is 6.07 Å². The maximum Gasteiger partial charge on any atom is 0.388 e. The number of aromatic carboxylic acids is 1. The number of aromatic nitrogens is 2. The van der Waals surface area contributed by atoms with Gasteiger partial charge in [0.15, 0.2) is 0 Å². The monoisotopic (exact) mass is 454 g/mol. The molecule has 0 spiro atoms. The molecule has 0 aliphatic carbocycles. The molecule has 30 heavy (non-hydrogen) atoms. The summed E-state index contributed by atoms with van der Waals surface area (Å²) in [5, 5.41) is 9.17. The van der Waals surface area contributed by atoms with Crippen molar-refractivity contribution in [2.75, 3.05) is 4.31 Å². The summed E-state index contributed by atoms with van der Waals surface area (Å²) < 4.78 is 83.1. The van der Waals surface area contributed by atoms with Crippen LogP contribution in [0.15, 0.2) is 35.2 Å². The van der Waals surface area contributed by atoms with Gasteiger partial charge < -0.3 is 20.3 Å². The lowest BCUT2D eigenvalue weighted by atomic mass is 10.2. The van der Waals surface area contributed by atoms with Crippen LogP contribution >= 0.6 is 0 Å². The highest BCUT2D eigenvalue weighted by Gasteiger charge is 2.36. The minimum atomic E-state index is -5.15. The van der Waals surface area contributed by atoms with Crippen molar-refractivity contribution in [1.29, 1.82) is 0 Å². The average Bonchev–Trinajstić information content (AvgIpc) is 2.59. The molecule has 1 heterocycles. The first-order valence-electron chi connectivity index (χ1n) is 7.39. The quantitative estimate of drug-likeness (QED) is 0.565. The van der Waals surface area contributed by atoms with E-state index in [0.29, 0.717) is 6.07 Å². The molecule has 3 N–H and O–H groups in total. The van der Waals surface area contributed by atoms with Crippen LogP contribution in [-0.4, -0.2) is 48.7 Å². The van der Waals surface area contributed by atoms with E-state index < -0.39 is 63.4 Å². The van der Waals surface area contributed by atoms with Crippen LogP contribution in [0.5, 0.6) is 11.8 Å². The van der Waals surface area contributed by atoms with Gasteiger partial charge in [0.2, 0.25) is 11.8 Å². The number of sulfonamides is 1. The smallest absolute Gasteiger partial charge is 0.388 e. The number of nitrogens with two attached hydrogens (primary N) is 1.